The quantitative estimate of drug-likeness (QED) is 0.884. The Morgan fingerprint density at radius 2 is 2.15 bits per heavy atom. The molecule has 1 fully saturated rings. The maximum absolute atomic E-state index is 13.3. The first-order valence-electron chi connectivity index (χ1n) is 6.46. The summed E-state index contributed by atoms with van der Waals surface area (Å²) < 4.78 is 36.6. The van der Waals surface area contributed by atoms with Crippen LogP contribution in [-0.2, 0) is 13.2 Å². The van der Waals surface area contributed by atoms with Crippen molar-refractivity contribution in [3.05, 3.63) is 47.4 Å². The van der Waals surface area contributed by atoms with Crippen LogP contribution in [0.2, 0.25) is 0 Å². The zero-order valence-electron chi connectivity index (χ0n) is 10.7. The molecule has 2 aromatic rings. The summed E-state index contributed by atoms with van der Waals surface area (Å²) in [7, 11) is 0. The largest absolute Gasteiger partial charge is 0.482 e. The van der Waals surface area contributed by atoms with Crippen LogP contribution in [0.25, 0.3) is 0 Å². The molecule has 0 radical (unpaired) electrons. The molecule has 1 aromatic heterocycles. The van der Waals surface area contributed by atoms with Gasteiger partial charge in [-0.05, 0) is 25.0 Å². The molecule has 1 heterocycles. The first kappa shape index (κ1) is 13.1. The first-order chi connectivity index (χ1) is 9.70. The molecule has 0 aliphatic heterocycles. The highest BCUT2D eigenvalue weighted by molar-refractivity contribution is 5.25. The van der Waals surface area contributed by atoms with Crippen LogP contribution in [0.4, 0.5) is 8.78 Å². The summed E-state index contributed by atoms with van der Waals surface area (Å²) in [5, 5.41) is 7.19. The second-order valence-electron chi connectivity index (χ2n) is 4.80. The molecule has 0 saturated heterocycles. The minimum Gasteiger partial charge on any atom is -0.482 e. The van der Waals surface area contributed by atoms with Gasteiger partial charge in [-0.3, -0.25) is 0 Å². The molecule has 1 aliphatic carbocycles. The monoisotopic (exact) mass is 280 g/mol. The molecule has 0 atom stereocenters. The summed E-state index contributed by atoms with van der Waals surface area (Å²) in [6, 6.07) is 5.40. The number of nitrogens with one attached hydrogen (secondary N) is 1. The van der Waals surface area contributed by atoms with Gasteiger partial charge in [-0.1, -0.05) is 5.16 Å². The van der Waals surface area contributed by atoms with E-state index < -0.39 is 11.6 Å². The summed E-state index contributed by atoms with van der Waals surface area (Å²) in [5.74, 6) is -0.824. The molecule has 6 heteroatoms. The van der Waals surface area contributed by atoms with Crippen molar-refractivity contribution >= 4 is 0 Å². The predicted octanol–water partition coefficient (Wildman–Crippen LogP) is 2.78. The van der Waals surface area contributed by atoms with Crippen LogP contribution in [-0.4, -0.2) is 11.2 Å². The Bertz CT molecular complexity index is 597. The van der Waals surface area contributed by atoms with E-state index in [1.165, 1.54) is 12.8 Å². The molecule has 3 rings (SSSR count). The third kappa shape index (κ3) is 3.33. The van der Waals surface area contributed by atoms with E-state index in [1.807, 2.05) is 0 Å². The molecule has 20 heavy (non-hydrogen) atoms. The van der Waals surface area contributed by atoms with Crippen LogP contribution in [0.15, 0.2) is 28.8 Å². The second kappa shape index (κ2) is 5.58. The molecule has 0 spiro atoms. The van der Waals surface area contributed by atoms with Crippen molar-refractivity contribution in [2.45, 2.75) is 32.0 Å². The molecule has 0 amide bonds. The normalized spacial score (nSPS) is 14.5. The second-order valence-corrected chi connectivity index (χ2v) is 4.80. The number of ether oxygens (including phenoxy) is 1. The van der Waals surface area contributed by atoms with E-state index >= 15 is 0 Å². The van der Waals surface area contributed by atoms with Crippen molar-refractivity contribution in [2.75, 3.05) is 0 Å². The third-order valence-electron chi connectivity index (χ3n) is 3.02. The lowest BCUT2D eigenvalue weighted by Crippen LogP contribution is -2.15. The van der Waals surface area contributed by atoms with Gasteiger partial charge in [0.25, 0.3) is 0 Å². The lowest BCUT2D eigenvalue weighted by Gasteiger charge is -2.04. The Kier molecular flexibility index (Phi) is 3.64. The van der Waals surface area contributed by atoms with E-state index in [4.69, 9.17) is 9.26 Å². The molecular weight excluding hydrogens is 266 g/mol. The Hall–Kier alpha value is -1.95. The van der Waals surface area contributed by atoms with Gasteiger partial charge in [-0.2, -0.15) is 0 Å². The molecule has 0 bridgehead atoms. The Balaban J connectivity index is 1.55. The topological polar surface area (TPSA) is 47.3 Å². The smallest absolute Gasteiger partial charge is 0.174 e. The maximum Gasteiger partial charge on any atom is 0.174 e. The third-order valence-corrected chi connectivity index (χ3v) is 3.02. The number of halogens is 2. The summed E-state index contributed by atoms with van der Waals surface area (Å²) in [5.41, 5.74) is 0.773. The molecule has 1 saturated carbocycles. The zero-order valence-corrected chi connectivity index (χ0v) is 10.7. The van der Waals surface area contributed by atoms with Crippen molar-refractivity contribution in [3.63, 3.8) is 0 Å². The Labute approximate surface area is 114 Å². The molecular formula is C14H14F2N2O2. The number of hydrogen-bond acceptors (Lipinski definition) is 4. The van der Waals surface area contributed by atoms with Gasteiger partial charge < -0.3 is 14.6 Å². The van der Waals surface area contributed by atoms with Gasteiger partial charge in [0.15, 0.2) is 17.3 Å². The van der Waals surface area contributed by atoms with Gasteiger partial charge in [0.2, 0.25) is 0 Å². The summed E-state index contributed by atoms with van der Waals surface area (Å²) in [4.78, 5) is 0. The minimum atomic E-state index is -0.610. The fourth-order valence-corrected chi connectivity index (χ4v) is 1.78. The van der Waals surface area contributed by atoms with Crippen LogP contribution in [0, 0.1) is 11.6 Å². The van der Waals surface area contributed by atoms with Crippen LogP contribution in [0.3, 0.4) is 0 Å². The lowest BCUT2D eigenvalue weighted by molar-refractivity contribution is 0.238. The van der Waals surface area contributed by atoms with Gasteiger partial charge in [-0.25, -0.2) is 8.78 Å². The number of aromatic nitrogens is 1. The molecule has 4 nitrogen and oxygen atoms in total. The molecule has 1 aromatic carbocycles. The fourth-order valence-electron chi connectivity index (χ4n) is 1.78. The highest BCUT2D eigenvalue weighted by Gasteiger charge is 2.20. The van der Waals surface area contributed by atoms with Crippen molar-refractivity contribution < 1.29 is 18.0 Å². The van der Waals surface area contributed by atoms with Crippen molar-refractivity contribution in [1.82, 2.24) is 10.5 Å². The Morgan fingerprint density at radius 1 is 1.30 bits per heavy atom. The predicted molar refractivity (Wildman–Crippen MR) is 67.1 cm³/mol. The van der Waals surface area contributed by atoms with E-state index in [1.54, 1.807) is 6.07 Å². The van der Waals surface area contributed by atoms with E-state index in [2.05, 4.69) is 10.5 Å². The van der Waals surface area contributed by atoms with Gasteiger partial charge >= 0.3 is 0 Å². The summed E-state index contributed by atoms with van der Waals surface area (Å²) in [6.07, 6.45) is 2.40. The van der Waals surface area contributed by atoms with E-state index in [0.29, 0.717) is 18.3 Å². The van der Waals surface area contributed by atoms with Gasteiger partial charge in [0.05, 0.1) is 5.69 Å². The standard InChI is InChI=1S/C14H14F2N2O2/c15-9-1-4-13(16)14(5-9)19-8-12-6-11(18-20-12)7-17-10-2-3-10/h1,4-6,10,17H,2-3,7-8H2. The average molecular weight is 280 g/mol. The van der Waals surface area contributed by atoms with E-state index in [9.17, 15) is 8.78 Å². The van der Waals surface area contributed by atoms with Crippen molar-refractivity contribution in [2.24, 2.45) is 0 Å². The number of hydrogen-bond donors (Lipinski definition) is 1. The molecule has 1 aliphatic rings. The molecule has 1 N–H and O–H groups in total. The fraction of sp³-hybridized carbons (Fsp3) is 0.357. The number of rotatable bonds is 6. The van der Waals surface area contributed by atoms with Crippen LogP contribution in [0.1, 0.15) is 24.3 Å². The highest BCUT2D eigenvalue weighted by atomic mass is 19.1. The van der Waals surface area contributed by atoms with Crippen LogP contribution in [0.5, 0.6) is 5.75 Å². The average Bonchev–Trinajstić information content (AvgIpc) is 3.16. The maximum atomic E-state index is 13.3. The van der Waals surface area contributed by atoms with Gasteiger partial charge in [0.1, 0.15) is 12.4 Å². The van der Waals surface area contributed by atoms with Crippen LogP contribution >= 0.6 is 0 Å². The molecule has 106 valence electrons. The van der Waals surface area contributed by atoms with E-state index in [-0.39, 0.29) is 12.4 Å². The highest BCUT2D eigenvalue weighted by Crippen LogP contribution is 2.21. The van der Waals surface area contributed by atoms with E-state index in [0.717, 1.165) is 23.9 Å². The minimum absolute atomic E-state index is 0.0107. The summed E-state index contributed by atoms with van der Waals surface area (Å²) >= 11 is 0. The van der Waals surface area contributed by atoms with Gasteiger partial charge in [-0.15, -0.1) is 0 Å². The van der Waals surface area contributed by atoms with Crippen molar-refractivity contribution in [3.8, 4) is 5.75 Å². The number of nitrogens with zero attached hydrogens (tertiary/aromatic N) is 1. The van der Waals surface area contributed by atoms with Gasteiger partial charge in [0, 0.05) is 24.7 Å². The van der Waals surface area contributed by atoms with Crippen molar-refractivity contribution in [1.29, 1.82) is 0 Å². The Morgan fingerprint density at radius 3 is 2.95 bits per heavy atom. The van der Waals surface area contributed by atoms with Crippen LogP contribution < -0.4 is 10.1 Å². The first-order valence-corrected chi connectivity index (χ1v) is 6.46. The molecule has 0 unspecified atom stereocenters. The SMILES string of the molecule is Fc1ccc(F)c(OCc2cc(CNC3CC3)no2)c1. The summed E-state index contributed by atoms with van der Waals surface area (Å²) in [6.45, 7) is 0.652. The lowest BCUT2D eigenvalue weighted by atomic mass is 10.3. The zero-order chi connectivity index (χ0) is 13.9. The number of benzene rings is 1.